The molecule has 0 amide bonds. The van der Waals surface area contributed by atoms with E-state index in [0.29, 0.717) is 11.2 Å². The number of hydrogen-bond donors (Lipinski definition) is 0. The van der Waals surface area contributed by atoms with Gasteiger partial charge in [-0.05, 0) is 22.5 Å². The van der Waals surface area contributed by atoms with Crippen LogP contribution in [0.25, 0.3) is 0 Å². The first-order chi connectivity index (χ1) is 7.12. The lowest BCUT2D eigenvalue weighted by Crippen LogP contribution is -2.14. The molecular formula is C15H25B. The largest absolute Gasteiger partial charge is 0.109 e. The summed E-state index contributed by atoms with van der Waals surface area (Å²) in [6, 6.07) is 9.13. The fourth-order valence-corrected chi connectivity index (χ4v) is 1.77. The van der Waals surface area contributed by atoms with Crippen molar-refractivity contribution in [1.82, 2.24) is 0 Å². The molecule has 1 heteroatoms. The van der Waals surface area contributed by atoms with Crippen molar-refractivity contribution in [2.45, 2.75) is 58.2 Å². The molecule has 0 aliphatic heterocycles. The lowest BCUT2D eigenvalue weighted by Gasteiger charge is -2.28. The second-order valence-electron chi connectivity index (χ2n) is 6.96. The van der Waals surface area contributed by atoms with Gasteiger partial charge in [0.1, 0.15) is 7.85 Å². The zero-order valence-corrected chi connectivity index (χ0v) is 11.9. The van der Waals surface area contributed by atoms with Crippen molar-refractivity contribution in [2.75, 3.05) is 0 Å². The summed E-state index contributed by atoms with van der Waals surface area (Å²) in [5.74, 6) is 0.599. The van der Waals surface area contributed by atoms with Crippen molar-refractivity contribution in [3.05, 3.63) is 35.4 Å². The Balaban J connectivity index is 2.96. The van der Waals surface area contributed by atoms with Crippen LogP contribution in [0.3, 0.4) is 0 Å². The van der Waals surface area contributed by atoms with Gasteiger partial charge in [0, 0.05) is 0 Å². The molecule has 0 nitrogen and oxygen atoms in total. The topological polar surface area (TPSA) is 0 Å². The zero-order chi connectivity index (χ0) is 12.6. The predicted octanol–water partition coefficient (Wildman–Crippen LogP) is 3.92. The Bertz CT molecular complexity index is 335. The Kier molecular flexibility index (Phi) is 3.57. The molecule has 1 aromatic rings. The summed E-state index contributed by atoms with van der Waals surface area (Å²) in [7, 11) is 2.30. The molecule has 16 heavy (non-hydrogen) atoms. The maximum atomic E-state index is 2.31. The lowest BCUT2D eigenvalue weighted by atomic mass is 9.62. The van der Waals surface area contributed by atoms with Gasteiger partial charge in [0.05, 0.1) is 0 Å². The maximum absolute atomic E-state index is 2.31. The van der Waals surface area contributed by atoms with Crippen LogP contribution in [0, 0.1) is 0 Å². The number of hydrogen-bond acceptors (Lipinski definition) is 0. The fraction of sp³-hybridized carbons (Fsp3) is 0.600. The van der Waals surface area contributed by atoms with E-state index in [-0.39, 0.29) is 5.41 Å². The highest BCUT2D eigenvalue weighted by Gasteiger charge is 2.22. The van der Waals surface area contributed by atoms with Crippen LogP contribution in [0.15, 0.2) is 24.3 Å². The third-order valence-electron chi connectivity index (χ3n) is 3.58. The van der Waals surface area contributed by atoms with Gasteiger partial charge in [0.25, 0.3) is 0 Å². The maximum Gasteiger partial charge on any atom is 0.109 e. The second-order valence-corrected chi connectivity index (χ2v) is 6.96. The smallest absolute Gasteiger partial charge is 0.0666 e. The Morgan fingerprint density at radius 2 is 1.38 bits per heavy atom. The van der Waals surface area contributed by atoms with Gasteiger partial charge < -0.3 is 0 Å². The summed E-state index contributed by atoms with van der Waals surface area (Å²) >= 11 is 0. The average molecular weight is 216 g/mol. The minimum atomic E-state index is 0.253. The second kappa shape index (κ2) is 4.27. The van der Waals surface area contributed by atoms with E-state index in [1.165, 1.54) is 11.1 Å². The number of rotatable bonds is 2. The van der Waals surface area contributed by atoms with Crippen LogP contribution < -0.4 is 0 Å². The van der Waals surface area contributed by atoms with Crippen LogP contribution in [0.1, 0.15) is 58.6 Å². The molecule has 1 atom stereocenters. The lowest BCUT2D eigenvalue weighted by molar-refractivity contribution is 0.557. The summed E-state index contributed by atoms with van der Waals surface area (Å²) in [6.07, 6.45) is 0. The molecule has 1 rings (SSSR count). The van der Waals surface area contributed by atoms with E-state index >= 15 is 0 Å². The molecule has 0 saturated heterocycles. The van der Waals surface area contributed by atoms with E-state index in [0.717, 1.165) is 0 Å². The molecule has 88 valence electrons. The molecule has 0 aliphatic carbocycles. The van der Waals surface area contributed by atoms with Gasteiger partial charge in [-0.15, -0.1) is 0 Å². The first-order valence-electron chi connectivity index (χ1n) is 6.23. The summed E-state index contributed by atoms with van der Waals surface area (Å²) in [5, 5.41) is 0.337. The molecule has 0 N–H and O–H groups in total. The Morgan fingerprint density at radius 3 is 1.69 bits per heavy atom. The van der Waals surface area contributed by atoms with Gasteiger partial charge in [-0.3, -0.25) is 0 Å². The van der Waals surface area contributed by atoms with Crippen LogP contribution in [-0.4, -0.2) is 7.85 Å². The summed E-state index contributed by atoms with van der Waals surface area (Å²) in [4.78, 5) is 0. The van der Waals surface area contributed by atoms with Crippen LogP contribution in [-0.2, 0) is 5.41 Å². The quantitative estimate of drug-likeness (QED) is 0.657. The monoisotopic (exact) mass is 216 g/mol. The highest BCUT2D eigenvalue weighted by Crippen LogP contribution is 2.38. The van der Waals surface area contributed by atoms with E-state index in [2.05, 4.69) is 73.7 Å². The Labute approximate surface area is 102 Å². The molecule has 0 spiro atoms. The van der Waals surface area contributed by atoms with E-state index < -0.39 is 0 Å². The van der Waals surface area contributed by atoms with Crippen molar-refractivity contribution < 1.29 is 0 Å². The molecule has 0 heterocycles. The van der Waals surface area contributed by atoms with Crippen LogP contribution in [0.4, 0.5) is 0 Å². The molecule has 0 radical (unpaired) electrons. The van der Waals surface area contributed by atoms with Crippen LogP contribution in [0.5, 0.6) is 0 Å². The zero-order valence-electron chi connectivity index (χ0n) is 11.9. The van der Waals surface area contributed by atoms with Crippen molar-refractivity contribution in [3.8, 4) is 0 Å². The third kappa shape index (κ3) is 3.14. The summed E-state index contributed by atoms with van der Waals surface area (Å²) < 4.78 is 0. The fourth-order valence-electron chi connectivity index (χ4n) is 1.77. The van der Waals surface area contributed by atoms with E-state index in [1.54, 1.807) is 0 Å². The van der Waals surface area contributed by atoms with Gasteiger partial charge in [-0.25, -0.2) is 0 Å². The van der Waals surface area contributed by atoms with Crippen molar-refractivity contribution in [3.63, 3.8) is 0 Å². The Hall–Kier alpha value is -0.715. The highest BCUT2D eigenvalue weighted by molar-refractivity contribution is 6.15. The van der Waals surface area contributed by atoms with Gasteiger partial charge in [-0.2, -0.15) is 0 Å². The van der Waals surface area contributed by atoms with Gasteiger partial charge >= 0.3 is 0 Å². The predicted molar refractivity (Wildman–Crippen MR) is 76.1 cm³/mol. The molecule has 0 bridgehead atoms. The SMILES string of the molecule is BC(C)(C)C(C)c1ccc(C(C)(C)C)cc1. The molecule has 0 saturated carbocycles. The normalized spacial score (nSPS) is 14.9. The molecule has 0 fully saturated rings. The molecule has 1 unspecified atom stereocenters. The summed E-state index contributed by atoms with van der Waals surface area (Å²) in [5.41, 5.74) is 3.11. The first-order valence-corrected chi connectivity index (χ1v) is 6.23. The van der Waals surface area contributed by atoms with Crippen LogP contribution in [0.2, 0.25) is 5.31 Å². The first kappa shape index (κ1) is 13.4. The van der Waals surface area contributed by atoms with E-state index in [4.69, 9.17) is 0 Å². The van der Waals surface area contributed by atoms with Crippen molar-refractivity contribution >= 4 is 7.85 Å². The standard InChI is InChI=1S/C15H25B/c1-11(15(5,6)16)12-7-9-13(10-8-12)14(2,3)4/h7-11H,16H2,1-6H3. The minimum Gasteiger partial charge on any atom is -0.0666 e. The molecule has 1 aromatic carbocycles. The number of benzene rings is 1. The van der Waals surface area contributed by atoms with Crippen molar-refractivity contribution in [1.29, 1.82) is 0 Å². The molecule has 0 aromatic heterocycles. The van der Waals surface area contributed by atoms with Crippen molar-refractivity contribution in [2.24, 2.45) is 0 Å². The van der Waals surface area contributed by atoms with Crippen LogP contribution >= 0.6 is 0 Å². The summed E-state index contributed by atoms with van der Waals surface area (Å²) in [6.45, 7) is 13.7. The van der Waals surface area contributed by atoms with E-state index in [9.17, 15) is 0 Å². The minimum absolute atomic E-state index is 0.253. The van der Waals surface area contributed by atoms with Gasteiger partial charge in [0.15, 0.2) is 0 Å². The Morgan fingerprint density at radius 1 is 0.938 bits per heavy atom. The third-order valence-corrected chi connectivity index (χ3v) is 3.58. The van der Waals surface area contributed by atoms with Gasteiger partial charge in [0.2, 0.25) is 0 Å². The average Bonchev–Trinajstić information content (AvgIpc) is 2.14. The molecule has 0 aliphatic rings. The van der Waals surface area contributed by atoms with Gasteiger partial charge in [-0.1, -0.05) is 71.1 Å². The molecular weight excluding hydrogens is 191 g/mol. The highest BCUT2D eigenvalue weighted by atomic mass is 14.2. The van der Waals surface area contributed by atoms with E-state index in [1.807, 2.05) is 0 Å².